The van der Waals surface area contributed by atoms with Crippen LogP contribution in [-0.4, -0.2) is 32.8 Å². The van der Waals surface area contributed by atoms with E-state index in [9.17, 15) is 4.79 Å². The van der Waals surface area contributed by atoms with Crippen LogP contribution in [0.4, 0.5) is 5.69 Å². The second-order valence-corrected chi connectivity index (χ2v) is 4.13. The maximum absolute atomic E-state index is 11.4. The number of aryl methyl sites for hydroxylation is 2. The zero-order valence-corrected chi connectivity index (χ0v) is 11.1. The van der Waals surface area contributed by atoms with E-state index in [4.69, 9.17) is 15.2 Å². The maximum atomic E-state index is 11.4. The molecule has 0 aromatic heterocycles. The minimum absolute atomic E-state index is 0.0438. The molecule has 0 bridgehead atoms. The van der Waals surface area contributed by atoms with Gasteiger partial charge in [0.2, 0.25) is 0 Å². The molecule has 0 aliphatic rings. The van der Waals surface area contributed by atoms with Crippen molar-refractivity contribution in [2.75, 3.05) is 32.6 Å². The Bertz CT molecular complexity index is 396. The molecule has 5 heteroatoms. The Labute approximate surface area is 107 Å². The van der Waals surface area contributed by atoms with Gasteiger partial charge in [0.15, 0.2) is 6.61 Å². The van der Waals surface area contributed by atoms with Crippen molar-refractivity contribution in [2.45, 2.75) is 13.8 Å². The molecule has 18 heavy (non-hydrogen) atoms. The van der Waals surface area contributed by atoms with E-state index in [1.54, 1.807) is 7.11 Å². The highest BCUT2D eigenvalue weighted by atomic mass is 16.5. The van der Waals surface area contributed by atoms with Crippen LogP contribution in [0.2, 0.25) is 0 Å². The van der Waals surface area contributed by atoms with Crippen LogP contribution in [0.3, 0.4) is 0 Å². The topological polar surface area (TPSA) is 73.6 Å². The summed E-state index contributed by atoms with van der Waals surface area (Å²) >= 11 is 0. The molecule has 0 radical (unpaired) electrons. The molecule has 0 aliphatic carbocycles. The van der Waals surface area contributed by atoms with Crippen LogP contribution in [0.5, 0.6) is 5.75 Å². The van der Waals surface area contributed by atoms with Gasteiger partial charge < -0.3 is 20.5 Å². The quantitative estimate of drug-likeness (QED) is 0.586. The largest absolute Gasteiger partial charge is 0.481 e. The van der Waals surface area contributed by atoms with E-state index in [1.165, 1.54) is 0 Å². The molecule has 0 fully saturated rings. The van der Waals surface area contributed by atoms with Gasteiger partial charge in [-0.15, -0.1) is 0 Å². The Kier molecular flexibility index (Phi) is 5.45. The van der Waals surface area contributed by atoms with E-state index >= 15 is 0 Å². The maximum Gasteiger partial charge on any atom is 0.258 e. The monoisotopic (exact) mass is 252 g/mol. The summed E-state index contributed by atoms with van der Waals surface area (Å²) < 4.78 is 10.3. The van der Waals surface area contributed by atoms with Gasteiger partial charge in [0, 0.05) is 13.7 Å². The number of benzene rings is 1. The summed E-state index contributed by atoms with van der Waals surface area (Å²) in [6.45, 7) is 4.78. The number of rotatable bonds is 6. The molecular weight excluding hydrogens is 232 g/mol. The first-order valence-corrected chi connectivity index (χ1v) is 5.79. The van der Waals surface area contributed by atoms with Gasteiger partial charge >= 0.3 is 0 Å². The molecule has 1 aromatic carbocycles. The third-order valence-corrected chi connectivity index (χ3v) is 2.42. The lowest BCUT2D eigenvalue weighted by atomic mass is 10.1. The molecule has 100 valence electrons. The minimum atomic E-state index is -0.188. The first-order valence-electron chi connectivity index (χ1n) is 5.79. The summed E-state index contributed by atoms with van der Waals surface area (Å²) in [4.78, 5) is 11.4. The number of hydrogen-bond donors (Lipinski definition) is 2. The second kappa shape index (κ2) is 6.86. The summed E-state index contributed by atoms with van der Waals surface area (Å²) in [6, 6.07) is 3.79. The normalized spacial score (nSPS) is 10.2. The Hall–Kier alpha value is -1.75. The molecule has 0 unspecified atom stereocenters. The first kappa shape index (κ1) is 14.3. The van der Waals surface area contributed by atoms with Crippen molar-refractivity contribution in [1.29, 1.82) is 0 Å². The molecule has 1 rings (SSSR count). The van der Waals surface area contributed by atoms with Crippen molar-refractivity contribution in [1.82, 2.24) is 5.32 Å². The molecule has 5 nitrogen and oxygen atoms in total. The zero-order valence-electron chi connectivity index (χ0n) is 11.1. The van der Waals surface area contributed by atoms with Crippen LogP contribution < -0.4 is 15.8 Å². The van der Waals surface area contributed by atoms with E-state index in [-0.39, 0.29) is 12.5 Å². The van der Waals surface area contributed by atoms with Gasteiger partial charge in [-0.3, -0.25) is 4.79 Å². The smallest absolute Gasteiger partial charge is 0.258 e. The van der Waals surface area contributed by atoms with E-state index < -0.39 is 0 Å². The number of carbonyl (C=O) groups excluding carboxylic acids is 1. The third kappa shape index (κ3) is 4.25. The number of anilines is 1. The number of nitrogens with two attached hydrogens (primary N) is 1. The average Bonchev–Trinajstić information content (AvgIpc) is 2.27. The summed E-state index contributed by atoms with van der Waals surface area (Å²) in [5, 5.41) is 2.67. The van der Waals surface area contributed by atoms with Crippen LogP contribution in [-0.2, 0) is 9.53 Å². The molecule has 0 saturated carbocycles. The molecule has 0 heterocycles. The molecule has 1 amide bonds. The van der Waals surface area contributed by atoms with Crippen molar-refractivity contribution in [3.05, 3.63) is 23.3 Å². The van der Waals surface area contributed by atoms with Gasteiger partial charge in [-0.25, -0.2) is 0 Å². The molecule has 1 aromatic rings. The predicted octanol–water partition coefficient (Wildman–Crippen LogP) is 1.03. The molecular formula is C13H20N2O3. The number of hydrogen-bond acceptors (Lipinski definition) is 4. The Balaban J connectivity index is 2.51. The van der Waals surface area contributed by atoms with Gasteiger partial charge in [0.25, 0.3) is 5.91 Å². The van der Waals surface area contributed by atoms with Crippen LogP contribution >= 0.6 is 0 Å². The highest BCUT2D eigenvalue weighted by Gasteiger charge is 2.08. The number of carbonyl (C=O) groups is 1. The molecule has 0 atom stereocenters. The standard InChI is InChI=1S/C13H20N2O3/c1-9-6-10(2)13(11(14)7-9)18-8-12(16)15-4-5-17-3/h6-7H,4-5,8,14H2,1-3H3,(H,15,16). The van der Waals surface area contributed by atoms with E-state index in [2.05, 4.69) is 5.32 Å². The number of amides is 1. The summed E-state index contributed by atoms with van der Waals surface area (Å²) in [7, 11) is 1.58. The predicted molar refractivity (Wildman–Crippen MR) is 70.7 cm³/mol. The lowest BCUT2D eigenvalue weighted by Gasteiger charge is -2.12. The fourth-order valence-corrected chi connectivity index (χ4v) is 1.67. The van der Waals surface area contributed by atoms with Crippen molar-refractivity contribution >= 4 is 11.6 Å². The van der Waals surface area contributed by atoms with Crippen LogP contribution in [0, 0.1) is 13.8 Å². The van der Waals surface area contributed by atoms with Gasteiger partial charge in [0.1, 0.15) is 5.75 Å². The summed E-state index contributed by atoms with van der Waals surface area (Å²) in [5.41, 5.74) is 8.41. The fraction of sp³-hybridized carbons (Fsp3) is 0.462. The van der Waals surface area contributed by atoms with Gasteiger partial charge in [-0.2, -0.15) is 0 Å². The third-order valence-electron chi connectivity index (χ3n) is 2.42. The highest BCUT2D eigenvalue weighted by Crippen LogP contribution is 2.27. The molecule has 0 aliphatic heterocycles. The highest BCUT2D eigenvalue weighted by molar-refractivity contribution is 5.77. The van der Waals surface area contributed by atoms with Gasteiger partial charge in [-0.05, 0) is 31.0 Å². The Morgan fingerprint density at radius 1 is 1.39 bits per heavy atom. The summed E-state index contributed by atoms with van der Waals surface area (Å²) in [5.74, 6) is 0.383. The number of methoxy groups -OCH3 is 1. The van der Waals surface area contributed by atoms with Crippen molar-refractivity contribution in [3.8, 4) is 5.75 Å². The molecule has 3 N–H and O–H groups in total. The minimum Gasteiger partial charge on any atom is -0.481 e. The lowest BCUT2D eigenvalue weighted by molar-refractivity contribution is -0.123. The summed E-state index contributed by atoms with van der Waals surface area (Å²) in [6.07, 6.45) is 0. The Morgan fingerprint density at radius 3 is 2.72 bits per heavy atom. The number of ether oxygens (including phenoxy) is 2. The number of nitrogens with one attached hydrogen (secondary N) is 1. The Morgan fingerprint density at radius 2 is 2.11 bits per heavy atom. The van der Waals surface area contributed by atoms with Crippen molar-refractivity contribution < 1.29 is 14.3 Å². The molecule has 0 spiro atoms. The van der Waals surface area contributed by atoms with E-state index in [0.717, 1.165) is 11.1 Å². The zero-order chi connectivity index (χ0) is 13.5. The van der Waals surface area contributed by atoms with E-state index in [1.807, 2.05) is 26.0 Å². The average molecular weight is 252 g/mol. The lowest BCUT2D eigenvalue weighted by Crippen LogP contribution is -2.31. The molecule has 0 saturated heterocycles. The van der Waals surface area contributed by atoms with Crippen molar-refractivity contribution in [2.24, 2.45) is 0 Å². The van der Waals surface area contributed by atoms with Crippen LogP contribution in [0.15, 0.2) is 12.1 Å². The fourth-order valence-electron chi connectivity index (χ4n) is 1.67. The van der Waals surface area contributed by atoms with Gasteiger partial charge in [0.05, 0.1) is 12.3 Å². The van der Waals surface area contributed by atoms with Crippen molar-refractivity contribution in [3.63, 3.8) is 0 Å². The van der Waals surface area contributed by atoms with E-state index in [0.29, 0.717) is 24.6 Å². The van der Waals surface area contributed by atoms with Crippen LogP contribution in [0.25, 0.3) is 0 Å². The first-order chi connectivity index (χ1) is 8.54. The SMILES string of the molecule is COCCNC(=O)COc1c(C)cc(C)cc1N. The van der Waals surface area contributed by atoms with Crippen LogP contribution in [0.1, 0.15) is 11.1 Å². The number of nitrogen functional groups attached to an aromatic ring is 1. The van der Waals surface area contributed by atoms with Gasteiger partial charge in [-0.1, -0.05) is 6.07 Å². The second-order valence-electron chi connectivity index (χ2n) is 4.13.